The highest BCUT2D eigenvalue weighted by Crippen LogP contribution is 2.42. The van der Waals surface area contributed by atoms with Gasteiger partial charge in [0, 0.05) is 32.9 Å². The zero-order valence-electron chi connectivity index (χ0n) is 22.1. The van der Waals surface area contributed by atoms with E-state index in [0.717, 1.165) is 61.2 Å². The van der Waals surface area contributed by atoms with Crippen LogP contribution in [0.1, 0.15) is 6.92 Å². The van der Waals surface area contributed by atoms with Crippen LogP contribution in [0.15, 0.2) is 154 Å². The summed E-state index contributed by atoms with van der Waals surface area (Å²) in [6.07, 6.45) is 7.86. The van der Waals surface area contributed by atoms with E-state index in [1.807, 2.05) is 97.9 Å². The number of hydrogen-bond acceptors (Lipinski definition) is 6. The van der Waals surface area contributed by atoms with Gasteiger partial charge in [0.2, 0.25) is 0 Å². The fourth-order valence-corrected chi connectivity index (χ4v) is 4.97. The molecule has 6 heteroatoms. The lowest BCUT2D eigenvalue weighted by Gasteiger charge is -2.30. The predicted octanol–water partition coefficient (Wildman–Crippen LogP) is 10.7. The second-order valence-corrected chi connectivity index (χ2v) is 9.37. The molecule has 0 spiro atoms. The van der Waals surface area contributed by atoms with Crippen LogP contribution in [0, 0.1) is 0 Å². The Kier molecular flexibility index (Phi) is 6.97. The molecule has 1 heterocycles. The van der Waals surface area contributed by atoms with E-state index in [4.69, 9.17) is 10.2 Å². The monoisotopic (exact) mass is 520 g/mol. The van der Waals surface area contributed by atoms with Crippen LogP contribution in [0.5, 0.6) is 0 Å². The van der Waals surface area contributed by atoms with Crippen LogP contribution in [0.25, 0.3) is 21.5 Å². The molecular weight excluding hydrogens is 492 g/mol. The second kappa shape index (κ2) is 11.2. The van der Waals surface area contributed by atoms with Crippen LogP contribution < -0.4 is 10.6 Å². The Morgan fingerprint density at radius 3 is 1.90 bits per heavy atom. The molecule has 0 aromatic heterocycles. The molecule has 6 rings (SSSR count). The maximum absolute atomic E-state index is 4.71. The van der Waals surface area contributed by atoms with Gasteiger partial charge in [0.1, 0.15) is 6.17 Å². The lowest BCUT2D eigenvalue weighted by Crippen LogP contribution is -2.33. The van der Waals surface area contributed by atoms with Crippen molar-refractivity contribution in [3.63, 3.8) is 0 Å². The van der Waals surface area contributed by atoms with Crippen LogP contribution >= 0.6 is 0 Å². The number of allylic oxidation sites excluding steroid dienone is 3. The summed E-state index contributed by atoms with van der Waals surface area (Å²) in [6.45, 7) is 5.88. The van der Waals surface area contributed by atoms with Gasteiger partial charge in [0.15, 0.2) is 0 Å². The topological polar surface area (TPSA) is 73.5 Å². The first-order chi connectivity index (χ1) is 19.7. The quantitative estimate of drug-likeness (QED) is 0.165. The maximum Gasteiger partial charge on any atom is 0.123 e. The largest absolute Gasteiger partial charge is 0.361 e. The van der Waals surface area contributed by atoms with Gasteiger partial charge in [-0.15, -0.1) is 15.3 Å². The number of hydrogen-bond donors (Lipinski definition) is 2. The molecule has 1 atom stereocenters. The first kappa shape index (κ1) is 24.9. The Bertz CT molecular complexity index is 1820. The molecule has 1 aliphatic heterocycles. The van der Waals surface area contributed by atoms with Gasteiger partial charge in [-0.3, -0.25) is 0 Å². The fourth-order valence-electron chi connectivity index (χ4n) is 4.97. The second-order valence-electron chi connectivity index (χ2n) is 9.37. The summed E-state index contributed by atoms with van der Waals surface area (Å²) in [5.41, 5.74) is 6.37. The molecule has 0 fully saturated rings. The molecule has 5 aromatic carbocycles. The molecule has 5 aromatic rings. The molecule has 6 nitrogen and oxygen atoms in total. The first-order valence-corrected chi connectivity index (χ1v) is 13.2. The van der Waals surface area contributed by atoms with E-state index in [9.17, 15) is 0 Å². The number of azo groups is 2. The van der Waals surface area contributed by atoms with Crippen molar-refractivity contribution in [3.05, 3.63) is 134 Å². The first-order valence-electron chi connectivity index (χ1n) is 13.2. The molecule has 0 radical (unpaired) electrons. The third-order valence-corrected chi connectivity index (χ3v) is 6.79. The van der Waals surface area contributed by atoms with Gasteiger partial charge >= 0.3 is 0 Å². The average Bonchev–Trinajstić information content (AvgIpc) is 3.00. The third kappa shape index (κ3) is 4.90. The number of rotatable bonds is 7. The molecule has 0 amide bonds. The van der Waals surface area contributed by atoms with Gasteiger partial charge < -0.3 is 10.6 Å². The summed E-state index contributed by atoms with van der Waals surface area (Å²) in [7, 11) is 0. The number of fused-ring (bicyclic) bond motifs is 1. The standard InChI is InChI=1S/C34H28N6/c1-3-11-23(12-4-2)34-35-31-18-10-17-27-30(21-22-32(36-34)33(27)31)40-39-29-20-19-28(25-15-8-9-16-26(25)29)38-37-24-13-6-5-7-14-24/h3-22,34-36H,1H2,2H3/b12-4-,23-11+,38-37?,40-39?. The molecule has 1 unspecified atom stereocenters. The number of anilines is 2. The molecule has 0 saturated heterocycles. The van der Waals surface area contributed by atoms with Crippen LogP contribution in [0.3, 0.4) is 0 Å². The highest BCUT2D eigenvalue weighted by atomic mass is 15.2. The van der Waals surface area contributed by atoms with Crippen molar-refractivity contribution < 1.29 is 0 Å². The van der Waals surface area contributed by atoms with Crippen LogP contribution in [-0.2, 0) is 0 Å². The van der Waals surface area contributed by atoms with E-state index in [2.05, 4.69) is 51.7 Å². The van der Waals surface area contributed by atoms with Crippen LogP contribution in [0.4, 0.5) is 34.1 Å². The summed E-state index contributed by atoms with van der Waals surface area (Å²) in [4.78, 5) is 0. The highest BCUT2D eigenvalue weighted by Gasteiger charge is 2.21. The minimum absolute atomic E-state index is 0.0660. The lowest BCUT2D eigenvalue weighted by atomic mass is 10.0. The molecular formula is C34H28N6. The number of nitrogens with zero attached hydrogens (tertiary/aromatic N) is 4. The number of benzene rings is 5. The molecule has 0 bridgehead atoms. The molecule has 40 heavy (non-hydrogen) atoms. The van der Waals surface area contributed by atoms with Gasteiger partial charge in [0.05, 0.1) is 22.7 Å². The Labute approximate surface area is 233 Å². The van der Waals surface area contributed by atoms with Gasteiger partial charge in [-0.1, -0.05) is 85.5 Å². The van der Waals surface area contributed by atoms with E-state index < -0.39 is 0 Å². The zero-order chi connectivity index (χ0) is 27.3. The maximum atomic E-state index is 4.71. The van der Waals surface area contributed by atoms with Gasteiger partial charge in [-0.05, 0) is 55.0 Å². The molecule has 2 N–H and O–H groups in total. The van der Waals surface area contributed by atoms with Gasteiger partial charge in [0.25, 0.3) is 0 Å². The fraction of sp³-hybridized carbons (Fsp3) is 0.0588. The zero-order valence-corrected chi connectivity index (χ0v) is 22.1. The van der Waals surface area contributed by atoms with E-state index in [-0.39, 0.29) is 6.17 Å². The van der Waals surface area contributed by atoms with Crippen molar-refractivity contribution in [1.29, 1.82) is 0 Å². The molecule has 194 valence electrons. The minimum atomic E-state index is -0.0660. The minimum Gasteiger partial charge on any atom is -0.361 e. The van der Waals surface area contributed by atoms with Crippen molar-refractivity contribution in [2.45, 2.75) is 13.1 Å². The van der Waals surface area contributed by atoms with Crippen LogP contribution in [-0.4, -0.2) is 6.17 Å². The summed E-state index contributed by atoms with van der Waals surface area (Å²) >= 11 is 0. The Balaban J connectivity index is 1.34. The lowest BCUT2D eigenvalue weighted by molar-refractivity contribution is 0.961. The summed E-state index contributed by atoms with van der Waals surface area (Å²) in [5, 5.41) is 29.6. The summed E-state index contributed by atoms with van der Waals surface area (Å²) in [6, 6.07) is 32.0. The van der Waals surface area contributed by atoms with Gasteiger partial charge in [-0.25, -0.2) is 0 Å². The summed E-state index contributed by atoms with van der Waals surface area (Å²) in [5.74, 6) is 0. The average molecular weight is 521 g/mol. The normalized spacial score (nSPS) is 15.2. The number of nitrogens with one attached hydrogen (secondary N) is 2. The Morgan fingerprint density at radius 2 is 1.23 bits per heavy atom. The van der Waals surface area contributed by atoms with Crippen molar-refractivity contribution in [3.8, 4) is 0 Å². The Morgan fingerprint density at radius 1 is 0.650 bits per heavy atom. The molecule has 0 saturated carbocycles. The highest BCUT2D eigenvalue weighted by molar-refractivity contribution is 6.09. The summed E-state index contributed by atoms with van der Waals surface area (Å²) < 4.78 is 0. The van der Waals surface area contributed by atoms with Crippen molar-refractivity contribution >= 4 is 55.7 Å². The van der Waals surface area contributed by atoms with E-state index in [1.165, 1.54) is 0 Å². The van der Waals surface area contributed by atoms with Crippen LogP contribution in [0.2, 0.25) is 0 Å². The van der Waals surface area contributed by atoms with Crippen molar-refractivity contribution in [1.82, 2.24) is 0 Å². The third-order valence-electron chi connectivity index (χ3n) is 6.79. The van der Waals surface area contributed by atoms with E-state index in [1.54, 1.807) is 6.08 Å². The van der Waals surface area contributed by atoms with E-state index >= 15 is 0 Å². The molecule has 1 aliphatic rings. The van der Waals surface area contributed by atoms with Crippen molar-refractivity contribution in [2.24, 2.45) is 20.5 Å². The SMILES string of the molecule is C=C/C=C(\C=C/C)C1Nc2cccc3c(N=Nc4ccc(N=Nc5ccccc5)c5ccccc45)ccc(c23)N1. The molecule has 0 aliphatic carbocycles. The van der Waals surface area contributed by atoms with Gasteiger partial charge in [-0.2, -0.15) is 5.11 Å². The van der Waals surface area contributed by atoms with E-state index in [0.29, 0.717) is 0 Å². The predicted molar refractivity (Wildman–Crippen MR) is 167 cm³/mol. The Hall–Kier alpha value is -5.36. The smallest absolute Gasteiger partial charge is 0.123 e. The van der Waals surface area contributed by atoms with Crippen molar-refractivity contribution in [2.75, 3.05) is 10.6 Å².